The number of hydrogen-bond donors (Lipinski definition) is 1. The zero-order chi connectivity index (χ0) is 10.7. The Hall–Kier alpha value is -1.16. The molecule has 82 valence electrons. The molecule has 0 saturated heterocycles. The minimum absolute atomic E-state index is 0.735. The van der Waals surface area contributed by atoms with E-state index in [1.165, 1.54) is 12.8 Å². The second-order valence-corrected chi connectivity index (χ2v) is 4.16. The average Bonchev–Trinajstić information content (AvgIpc) is 3.00. The van der Waals surface area contributed by atoms with Crippen LogP contribution >= 0.6 is 0 Å². The number of anilines is 1. The van der Waals surface area contributed by atoms with Crippen LogP contribution in [0.4, 0.5) is 5.95 Å². The Morgan fingerprint density at radius 1 is 1.53 bits per heavy atom. The summed E-state index contributed by atoms with van der Waals surface area (Å²) in [5.41, 5.74) is 1.00. The van der Waals surface area contributed by atoms with Crippen molar-refractivity contribution < 1.29 is 0 Å². The lowest BCUT2D eigenvalue weighted by atomic mass is 10.4. The van der Waals surface area contributed by atoms with Gasteiger partial charge in [-0.25, -0.2) is 9.97 Å². The molecule has 2 rings (SSSR count). The molecule has 0 atom stereocenters. The van der Waals surface area contributed by atoms with Gasteiger partial charge in [0.25, 0.3) is 0 Å². The van der Waals surface area contributed by atoms with Gasteiger partial charge in [-0.15, -0.1) is 0 Å². The SMILES string of the molecule is Cc1ccnc(NCCN(C)C2CC2)n1. The lowest BCUT2D eigenvalue weighted by Crippen LogP contribution is -2.27. The van der Waals surface area contributed by atoms with Gasteiger partial charge in [0.15, 0.2) is 0 Å². The maximum absolute atomic E-state index is 4.29. The van der Waals surface area contributed by atoms with E-state index in [0.29, 0.717) is 0 Å². The van der Waals surface area contributed by atoms with Crippen molar-refractivity contribution in [2.75, 3.05) is 25.5 Å². The highest BCUT2D eigenvalue weighted by molar-refractivity contribution is 5.24. The highest BCUT2D eigenvalue weighted by Crippen LogP contribution is 2.24. The number of nitrogens with one attached hydrogen (secondary N) is 1. The second-order valence-electron chi connectivity index (χ2n) is 4.16. The van der Waals surface area contributed by atoms with E-state index in [1.807, 2.05) is 13.0 Å². The van der Waals surface area contributed by atoms with Crippen LogP contribution in [0.2, 0.25) is 0 Å². The number of aryl methyl sites for hydroxylation is 1. The van der Waals surface area contributed by atoms with Gasteiger partial charge in [-0.3, -0.25) is 0 Å². The van der Waals surface area contributed by atoms with Crippen LogP contribution in [0.3, 0.4) is 0 Å². The van der Waals surface area contributed by atoms with Crippen molar-refractivity contribution in [2.24, 2.45) is 0 Å². The van der Waals surface area contributed by atoms with Crippen LogP contribution in [0, 0.1) is 6.92 Å². The molecule has 1 aromatic rings. The lowest BCUT2D eigenvalue weighted by molar-refractivity contribution is 0.337. The van der Waals surface area contributed by atoms with Crippen LogP contribution in [-0.4, -0.2) is 41.0 Å². The predicted octanol–water partition coefficient (Wildman–Crippen LogP) is 1.29. The molecule has 0 aromatic carbocycles. The third kappa shape index (κ3) is 3.16. The van der Waals surface area contributed by atoms with Gasteiger partial charge in [0.1, 0.15) is 0 Å². The van der Waals surface area contributed by atoms with E-state index in [2.05, 4.69) is 27.2 Å². The molecule has 1 fully saturated rings. The topological polar surface area (TPSA) is 41.1 Å². The smallest absolute Gasteiger partial charge is 0.222 e. The lowest BCUT2D eigenvalue weighted by Gasteiger charge is -2.15. The Bertz CT molecular complexity index is 322. The summed E-state index contributed by atoms with van der Waals surface area (Å²) in [5, 5.41) is 3.24. The fourth-order valence-corrected chi connectivity index (χ4v) is 1.58. The summed E-state index contributed by atoms with van der Waals surface area (Å²) in [7, 11) is 2.18. The minimum atomic E-state index is 0.735. The molecule has 1 N–H and O–H groups in total. The van der Waals surface area contributed by atoms with Crippen molar-refractivity contribution in [3.8, 4) is 0 Å². The zero-order valence-corrected chi connectivity index (χ0v) is 9.40. The predicted molar refractivity (Wildman–Crippen MR) is 60.9 cm³/mol. The summed E-state index contributed by atoms with van der Waals surface area (Å²) >= 11 is 0. The van der Waals surface area contributed by atoms with E-state index in [4.69, 9.17) is 0 Å². The number of hydrogen-bond acceptors (Lipinski definition) is 4. The molecule has 1 saturated carbocycles. The minimum Gasteiger partial charge on any atom is -0.353 e. The first-order chi connectivity index (χ1) is 7.25. The fourth-order valence-electron chi connectivity index (χ4n) is 1.58. The molecule has 0 spiro atoms. The van der Waals surface area contributed by atoms with Gasteiger partial charge in [-0.1, -0.05) is 0 Å². The van der Waals surface area contributed by atoms with Gasteiger partial charge < -0.3 is 10.2 Å². The highest BCUT2D eigenvalue weighted by Gasteiger charge is 2.25. The van der Waals surface area contributed by atoms with Crippen molar-refractivity contribution in [1.29, 1.82) is 0 Å². The molecule has 0 bridgehead atoms. The summed E-state index contributed by atoms with van der Waals surface area (Å²) in [5.74, 6) is 0.735. The summed E-state index contributed by atoms with van der Waals surface area (Å²) in [4.78, 5) is 10.8. The fraction of sp³-hybridized carbons (Fsp3) is 0.636. The Morgan fingerprint density at radius 2 is 2.33 bits per heavy atom. The summed E-state index contributed by atoms with van der Waals surface area (Å²) in [6, 6.07) is 2.73. The first kappa shape index (κ1) is 10.4. The van der Waals surface area contributed by atoms with E-state index in [1.54, 1.807) is 6.20 Å². The van der Waals surface area contributed by atoms with Crippen molar-refractivity contribution in [3.63, 3.8) is 0 Å². The van der Waals surface area contributed by atoms with Crippen LogP contribution in [-0.2, 0) is 0 Å². The van der Waals surface area contributed by atoms with E-state index in [-0.39, 0.29) is 0 Å². The van der Waals surface area contributed by atoms with Gasteiger partial charge in [-0.2, -0.15) is 0 Å². The van der Waals surface area contributed by atoms with E-state index < -0.39 is 0 Å². The van der Waals surface area contributed by atoms with Crippen molar-refractivity contribution in [3.05, 3.63) is 18.0 Å². The standard InChI is InChI=1S/C11H18N4/c1-9-5-6-12-11(14-9)13-7-8-15(2)10-3-4-10/h5-6,10H,3-4,7-8H2,1-2H3,(H,12,13,14). The second kappa shape index (κ2) is 4.57. The van der Waals surface area contributed by atoms with Gasteiger partial charge in [0, 0.05) is 31.0 Å². The van der Waals surface area contributed by atoms with Gasteiger partial charge in [-0.05, 0) is 32.9 Å². The van der Waals surface area contributed by atoms with E-state index in [9.17, 15) is 0 Å². The van der Waals surface area contributed by atoms with Crippen LogP contribution in [0.25, 0.3) is 0 Å². The molecule has 15 heavy (non-hydrogen) atoms. The summed E-state index contributed by atoms with van der Waals surface area (Å²) < 4.78 is 0. The van der Waals surface area contributed by atoms with Crippen molar-refractivity contribution in [2.45, 2.75) is 25.8 Å². The third-order valence-corrected chi connectivity index (χ3v) is 2.71. The zero-order valence-electron chi connectivity index (χ0n) is 9.40. The number of rotatable bonds is 5. The Kier molecular flexibility index (Phi) is 3.16. The first-order valence-electron chi connectivity index (χ1n) is 5.49. The van der Waals surface area contributed by atoms with Crippen LogP contribution < -0.4 is 5.32 Å². The molecule has 1 aromatic heterocycles. The number of aromatic nitrogens is 2. The Labute approximate surface area is 90.7 Å². The maximum atomic E-state index is 4.29. The van der Waals surface area contributed by atoms with E-state index >= 15 is 0 Å². The summed E-state index contributed by atoms with van der Waals surface area (Å²) in [6.45, 7) is 3.95. The molecule has 0 radical (unpaired) electrons. The molecule has 1 aliphatic carbocycles. The monoisotopic (exact) mass is 206 g/mol. The Balaban J connectivity index is 1.73. The maximum Gasteiger partial charge on any atom is 0.222 e. The van der Waals surface area contributed by atoms with Crippen LogP contribution in [0.5, 0.6) is 0 Å². The van der Waals surface area contributed by atoms with Crippen LogP contribution in [0.15, 0.2) is 12.3 Å². The van der Waals surface area contributed by atoms with Gasteiger partial charge >= 0.3 is 0 Å². The third-order valence-electron chi connectivity index (χ3n) is 2.71. The summed E-state index contributed by atoms with van der Waals surface area (Å²) in [6.07, 6.45) is 4.50. The van der Waals surface area contributed by atoms with Gasteiger partial charge in [0.05, 0.1) is 0 Å². The van der Waals surface area contributed by atoms with Gasteiger partial charge in [0.2, 0.25) is 5.95 Å². The van der Waals surface area contributed by atoms with Crippen LogP contribution in [0.1, 0.15) is 18.5 Å². The largest absolute Gasteiger partial charge is 0.353 e. The first-order valence-corrected chi connectivity index (χ1v) is 5.49. The number of nitrogens with zero attached hydrogens (tertiary/aromatic N) is 3. The highest BCUT2D eigenvalue weighted by atomic mass is 15.2. The molecule has 0 amide bonds. The number of likely N-dealkylation sites (N-methyl/N-ethyl adjacent to an activating group) is 1. The molecule has 4 nitrogen and oxygen atoms in total. The quantitative estimate of drug-likeness (QED) is 0.788. The van der Waals surface area contributed by atoms with Crippen molar-refractivity contribution in [1.82, 2.24) is 14.9 Å². The molecule has 0 unspecified atom stereocenters. The Morgan fingerprint density at radius 3 is 3.00 bits per heavy atom. The molecule has 1 aliphatic rings. The molecular weight excluding hydrogens is 188 g/mol. The average molecular weight is 206 g/mol. The van der Waals surface area contributed by atoms with Crippen molar-refractivity contribution >= 4 is 5.95 Å². The molecule has 4 heteroatoms. The molecule has 0 aliphatic heterocycles. The van der Waals surface area contributed by atoms with E-state index in [0.717, 1.165) is 30.8 Å². The normalized spacial score (nSPS) is 15.7. The molecule has 1 heterocycles. The molecular formula is C11H18N4.